The van der Waals surface area contributed by atoms with Crippen LogP contribution >= 0.6 is 15.9 Å². The number of amides is 1. The van der Waals surface area contributed by atoms with E-state index in [4.69, 9.17) is 4.74 Å². The fraction of sp³-hybridized carbons (Fsp3) is 0.241. The van der Waals surface area contributed by atoms with Gasteiger partial charge in [0.2, 0.25) is 0 Å². The largest absolute Gasteiger partial charge is 0.507 e. The molecule has 1 N–H and O–H groups in total. The number of aliphatic hydroxyl groups is 1. The maximum absolute atomic E-state index is 13.5. The molecule has 0 radical (unpaired) electrons. The summed E-state index contributed by atoms with van der Waals surface area (Å²) < 4.78 is 6.41. The van der Waals surface area contributed by atoms with Gasteiger partial charge < -0.3 is 14.7 Å². The van der Waals surface area contributed by atoms with Crippen molar-refractivity contribution in [2.75, 3.05) is 30.0 Å². The monoisotopic (exact) mass is 548 g/mol. The number of ether oxygens (including phenoxy) is 1. The van der Waals surface area contributed by atoms with Crippen molar-refractivity contribution in [2.45, 2.75) is 26.8 Å². The molecule has 6 nitrogen and oxygen atoms in total. The van der Waals surface area contributed by atoms with Gasteiger partial charge in [-0.15, -0.1) is 0 Å². The molecule has 1 aliphatic rings. The Labute approximate surface area is 219 Å². The summed E-state index contributed by atoms with van der Waals surface area (Å²) in [4.78, 5) is 30.5. The molecule has 0 spiro atoms. The number of benzene rings is 3. The second-order valence-electron chi connectivity index (χ2n) is 8.57. The molecule has 1 amide bonds. The number of aliphatic hydroxyl groups excluding tert-OH is 1. The van der Waals surface area contributed by atoms with Crippen molar-refractivity contribution in [3.05, 3.63) is 93.5 Å². The van der Waals surface area contributed by atoms with E-state index < -0.39 is 17.7 Å². The molecule has 3 aromatic rings. The van der Waals surface area contributed by atoms with Crippen LogP contribution in [0.15, 0.2) is 76.8 Å². The minimum absolute atomic E-state index is 0.0446. The molecule has 0 aromatic heterocycles. The van der Waals surface area contributed by atoms with Crippen molar-refractivity contribution in [1.29, 1.82) is 0 Å². The lowest BCUT2D eigenvalue weighted by atomic mass is 9.94. The Kier molecular flexibility index (Phi) is 7.50. The fourth-order valence-electron chi connectivity index (χ4n) is 4.63. The van der Waals surface area contributed by atoms with E-state index in [1.807, 2.05) is 37.3 Å². The predicted molar refractivity (Wildman–Crippen MR) is 147 cm³/mol. The number of halogens is 1. The van der Waals surface area contributed by atoms with E-state index in [0.717, 1.165) is 28.8 Å². The summed E-state index contributed by atoms with van der Waals surface area (Å²) in [7, 11) is 1.52. The summed E-state index contributed by atoms with van der Waals surface area (Å²) in [5.74, 6) is -1.20. The third-order valence-corrected chi connectivity index (χ3v) is 7.45. The van der Waals surface area contributed by atoms with Crippen molar-refractivity contribution in [1.82, 2.24) is 0 Å². The van der Waals surface area contributed by atoms with Crippen molar-refractivity contribution in [2.24, 2.45) is 0 Å². The molecule has 1 fully saturated rings. The highest BCUT2D eigenvalue weighted by molar-refractivity contribution is 9.10. The molecule has 0 bridgehead atoms. The number of methoxy groups -OCH3 is 1. The van der Waals surface area contributed by atoms with Gasteiger partial charge in [0.25, 0.3) is 11.7 Å². The van der Waals surface area contributed by atoms with Crippen LogP contribution in [0.1, 0.15) is 36.6 Å². The molecule has 0 saturated carbocycles. The minimum atomic E-state index is -0.823. The highest BCUT2D eigenvalue weighted by Gasteiger charge is 2.47. The Morgan fingerprint density at radius 2 is 1.69 bits per heavy atom. The zero-order valence-electron chi connectivity index (χ0n) is 20.8. The first-order chi connectivity index (χ1) is 17.3. The lowest BCUT2D eigenvalue weighted by molar-refractivity contribution is -0.132. The fourth-order valence-corrected chi connectivity index (χ4v) is 4.88. The molecule has 36 heavy (non-hydrogen) atoms. The Bertz CT molecular complexity index is 1330. The van der Waals surface area contributed by atoms with Crippen LogP contribution in [0.5, 0.6) is 5.75 Å². The van der Waals surface area contributed by atoms with Gasteiger partial charge in [0.15, 0.2) is 0 Å². The highest BCUT2D eigenvalue weighted by Crippen LogP contribution is 2.45. The molecule has 4 rings (SSSR count). The van der Waals surface area contributed by atoms with Gasteiger partial charge in [-0.1, -0.05) is 46.3 Å². The third kappa shape index (κ3) is 4.51. The van der Waals surface area contributed by atoms with Crippen LogP contribution in [-0.2, 0) is 9.59 Å². The molecule has 1 saturated heterocycles. The van der Waals surface area contributed by atoms with Gasteiger partial charge in [-0.05, 0) is 68.3 Å². The molecule has 1 aliphatic heterocycles. The van der Waals surface area contributed by atoms with Gasteiger partial charge in [0.05, 0.1) is 24.4 Å². The number of aryl methyl sites for hydroxylation is 1. The number of anilines is 2. The van der Waals surface area contributed by atoms with Gasteiger partial charge in [0.1, 0.15) is 11.5 Å². The molecule has 7 heteroatoms. The topological polar surface area (TPSA) is 70.1 Å². The molecular weight excluding hydrogens is 520 g/mol. The number of ketones is 1. The van der Waals surface area contributed by atoms with Crippen LogP contribution < -0.4 is 14.5 Å². The third-order valence-electron chi connectivity index (χ3n) is 6.56. The number of carbonyl (C=O) groups is 2. The predicted octanol–water partition coefficient (Wildman–Crippen LogP) is 6.24. The minimum Gasteiger partial charge on any atom is -0.507 e. The van der Waals surface area contributed by atoms with E-state index in [1.54, 1.807) is 36.4 Å². The zero-order valence-corrected chi connectivity index (χ0v) is 22.4. The number of hydrogen-bond acceptors (Lipinski definition) is 5. The summed E-state index contributed by atoms with van der Waals surface area (Å²) in [5, 5.41) is 11.4. The lowest BCUT2D eigenvalue weighted by Gasteiger charge is -2.27. The SMILES string of the molecule is CCN(CC)c1ccc(C2/C(=C(/O)c3ccc(Br)c(C)c3)C(=O)C(=O)N2c2ccccc2OC)cc1. The normalized spacial score (nSPS) is 16.9. The maximum Gasteiger partial charge on any atom is 0.300 e. The Morgan fingerprint density at radius 1 is 1.03 bits per heavy atom. The zero-order chi connectivity index (χ0) is 26.0. The second kappa shape index (κ2) is 10.6. The molecular formula is C29H29BrN2O4. The molecule has 1 heterocycles. The first-order valence-corrected chi connectivity index (χ1v) is 12.7. The number of carbonyl (C=O) groups excluding carboxylic acids is 2. The Morgan fingerprint density at radius 3 is 2.31 bits per heavy atom. The van der Waals surface area contributed by atoms with E-state index in [-0.39, 0.29) is 11.3 Å². The number of rotatable bonds is 7. The lowest BCUT2D eigenvalue weighted by Crippen LogP contribution is -2.30. The van der Waals surface area contributed by atoms with Gasteiger partial charge >= 0.3 is 0 Å². The highest BCUT2D eigenvalue weighted by atomic mass is 79.9. The first-order valence-electron chi connectivity index (χ1n) is 11.9. The molecule has 1 unspecified atom stereocenters. The van der Waals surface area contributed by atoms with Crippen molar-refractivity contribution in [3.63, 3.8) is 0 Å². The van der Waals surface area contributed by atoms with Crippen molar-refractivity contribution >= 4 is 44.8 Å². The molecule has 186 valence electrons. The van der Waals surface area contributed by atoms with Crippen LogP contribution in [0.2, 0.25) is 0 Å². The quantitative estimate of drug-likeness (QED) is 0.215. The second-order valence-corrected chi connectivity index (χ2v) is 9.42. The van der Waals surface area contributed by atoms with E-state index in [0.29, 0.717) is 22.6 Å². The van der Waals surface area contributed by atoms with E-state index in [2.05, 4.69) is 34.7 Å². The van der Waals surface area contributed by atoms with Crippen LogP contribution in [0.25, 0.3) is 5.76 Å². The summed E-state index contributed by atoms with van der Waals surface area (Å²) in [5.41, 5.74) is 3.64. The Hall–Kier alpha value is -3.58. The summed E-state index contributed by atoms with van der Waals surface area (Å²) in [6.45, 7) is 7.80. The number of nitrogens with zero attached hydrogens (tertiary/aromatic N) is 2. The van der Waals surface area contributed by atoms with Crippen LogP contribution in [0.4, 0.5) is 11.4 Å². The van der Waals surface area contributed by atoms with Crippen molar-refractivity contribution < 1.29 is 19.4 Å². The molecule has 1 atom stereocenters. The molecule has 0 aliphatic carbocycles. The summed E-state index contributed by atoms with van der Waals surface area (Å²) >= 11 is 3.47. The van der Waals surface area contributed by atoms with Crippen LogP contribution in [0.3, 0.4) is 0 Å². The Balaban J connectivity index is 1.94. The number of para-hydroxylation sites is 2. The number of hydrogen-bond donors (Lipinski definition) is 1. The first kappa shape index (κ1) is 25.5. The number of Topliss-reactive ketones (excluding diaryl/α,β-unsaturated/α-hetero) is 1. The van der Waals surface area contributed by atoms with Gasteiger partial charge in [-0.25, -0.2) is 0 Å². The van der Waals surface area contributed by atoms with Gasteiger partial charge in [0, 0.05) is 28.8 Å². The van der Waals surface area contributed by atoms with E-state index in [9.17, 15) is 14.7 Å². The van der Waals surface area contributed by atoms with Gasteiger partial charge in [-0.2, -0.15) is 0 Å². The van der Waals surface area contributed by atoms with Crippen LogP contribution in [-0.4, -0.2) is 37.0 Å². The van der Waals surface area contributed by atoms with E-state index >= 15 is 0 Å². The molecule has 3 aromatic carbocycles. The van der Waals surface area contributed by atoms with Crippen molar-refractivity contribution in [3.8, 4) is 5.75 Å². The maximum atomic E-state index is 13.5. The average Bonchev–Trinajstić information content (AvgIpc) is 3.16. The van der Waals surface area contributed by atoms with E-state index in [1.165, 1.54) is 12.0 Å². The standard InChI is InChI=1S/C29H29BrN2O4/c1-5-31(6-2)21-14-11-19(12-15-21)26-25(27(33)20-13-16-22(30)18(3)17-20)28(34)29(35)32(26)23-9-7-8-10-24(23)36-4/h7-17,26,33H,5-6H2,1-4H3/b27-25-. The van der Waals surface area contributed by atoms with Crippen LogP contribution in [0, 0.1) is 6.92 Å². The summed E-state index contributed by atoms with van der Waals surface area (Å²) in [6, 6.07) is 19.4. The smallest absolute Gasteiger partial charge is 0.300 e. The van der Waals surface area contributed by atoms with Gasteiger partial charge in [-0.3, -0.25) is 14.5 Å². The summed E-state index contributed by atoms with van der Waals surface area (Å²) in [6.07, 6.45) is 0. The average molecular weight is 549 g/mol.